The van der Waals surface area contributed by atoms with E-state index in [4.69, 9.17) is 4.74 Å². The average Bonchev–Trinajstić information content (AvgIpc) is 3.36. The highest BCUT2D eigenvalue weighted by atomic mass is 16.5. The summed E-state index contributed by atoms with van der Waals surface area (Å²) in [4.78, 5) is 7.07. The summed E-state index contributed by atoms with van der Waals surface area (Å²) < 4.78 is 6.44. The molecule has 1 aromatic heterocycles. The predicted molar refractivity (Wildman–Crippen MR) is 178 cm³/mol. The van der Waals surface area contributed by atoms with Gasteiger partial charge in [-0.2, -0.15) is 0 Å². The summed E-state index contributed by atoms with van der Waals surface area (Å²) in [6.07, 6.45) is 6.29. The first-order valence-electron chi connectivity index (χ1n) is 15.2. The van der Waals surface area contributed by atoms with E-state index in [0.717, 1.165) is 83.7 Å². The molecule has 0 spiro atoms. The molecule has 3 aromatic rings. The number of pyridine rings is 1. The maximum Gasteiger partial charge on any atom is 0.135 e. The Kier molecular flexibility index (Phi) is 10.5. The summed E-state index contributed by atoms with van der Waals surface area (Å²) in [5, 5.41) is 12.5. The first kappa shape index (κ1) is 31.3. The lowest BCUT2D eigenvalue weighted by Gasteiger charge is -2.23. The molecule has 4 rings (SSSR count). The van der Waals surface area contributed by atoms with Crippen LogP contribution in [-0.2, 0) is 6.54 Å². The zero-order chi connectivity index (χ0) is 30.3. The van der Waals surface area contributed by atoms with Gasteiger partial charge in [0.05, 0.1) is 5.69 Å². The van der Waals surface area contributed by atoms with E-state index in [2.05, 4.69) is 110 Å². The topological polar surface area (TPSA) is 61.4 Å². The maximum absolute atomic E-state index is 6.44. The van der Waals surface area contributed by atoms with E-state index >= 15 is 0 Å². The molecule has 0 bridgehead atoms. The van der Waals surface area contributed by atoms with Crippen molar-refractivity contribution in [3.05, 3.63) is 95.7 Å². The Bertz CT molecular complexity index is 1450. The van der Waals surface area contributed by atoms with Gasteiger partial charge in [-0.05, 0) is 74.5 Å². The van der Waals surface area contributed by atoms with Crippen molar-refractivity contribution < 1.29 is 4.74 Å². The van der Waals surface area contributed by atoms with Crippen LogP contribution in [0.5, 0.6) is 11.5 Å². The SMILES string of the molecule is C=C(NC(/C=C(\C)C(C)(C)C)=C(\CC)CNC)Nc1ccc(Oc2ccnc(CN3CC[C@@H](C)C3)c2)c2ccccc12. The van der Waals surface area contributed by atoms with Crippen molar-refractivity contribution in [1.82, 2.24) is 20.5 Å². The molecule has 1 fully saturated rings. The number of rotatable bonds is 12. The van der Waals surface area contributed by atoms with Crippen LogP contribution in [0.1, 0.15) is 60.1 Å². The van der Waals surface area contributed by atoms with Crippen LogP contribution >= 0.6 is 0 Å². The van der Waals surface area contributed by atoms with Crippen LogP contribution in [-0.4, -0.2) is 36.6 Å². The van der Waals surface area contributed by atoms with Gasteiger partial charge < -0.3 is 20.7 Å². The first-order chi connectivity index (χ1) is 20.1. The third-order valence-corrected chi connectivity index (χ3v) is 8.11. The molecule has 224 valence electrons. The van der Waals surface area contributed by atoms with Gasteiger partial charge in [0.25, 0.3) is 0 Å². The van der Waals surface area contributed by atoms with E-state index in [-0.39, 0.29) is 5.41 Å². The third-order valence-electron chi connectivity index (χ3n) is 8.11. The van der Waals surface area contributed by atoms with Crippen molar-refractivity contribution in [2.75, 3.05) is 32.0 Å². The van der Waals surface area contributed by atoms with E-state index in [1.54, 1.807) is 0 Å². The molecule has 1 aliphatic rings. The molecule has 0 aliphatic carbocycles. The molecule has 0 radical (unpaired) electrons. The van der Waals surface area contributed by atoms with Crippen LogP contribution < -0.4 is 20.7 Å². The highest BCUT2D eigenvalue weighted by molar-refractivity contribution is 5.98. The summed E-state index contributed by atoms with van der Waals surface area (Å²) in [5.41, 5.74) is 5.77. The van der Waals surface area contributed by atoms with Crippen molar-refractivity contribution in [2.24, 2.45) is 11.3 Å². The van der Waals surface area contributed by atoms with Gasteiger partial charge in [-0.3, -0.25) is 9.88 Å². The Hall–Kier alpha value is -3.61. The molecule has 0 amide bonds. The second-order valence-electron chi connectivity index (χ2n) is 12.6. The predicted octanol–water partition coefficient (Wildman–Crippen LogP) is 8.22. The van der Waals surface area contributed by atoms with E-state index in [9.17, 15) is 0 Å². The van der Waals surface area contributed by atoms with Gasteiger partial charge in [-0.15, -0.1) is 0 Å². The molecule has 0 saturated carbocycles. The summed E-state index contributed by atoms with van der Waals surface area (Å²) in [5.74, 6) is 3.09. The molecule has 1 saturated heterocycles. The highest BCUT2D eigenvalue weighted by Gasteiger charge is 2.19. The molecule has 3 N–H and O–H groups in total. The summed E-state index contributed by atoms with van der Waals surface area (Å²) in [7, 11) is 1.98. The number of fused-ring (bicyclic) bond motifs is 1. The Balaban J connectivity index is 1.55. The van der Waals surface area contributed by atoms with Gasteiger partial charge in [0, 0.05) is 54.1 Å². The van der Waals surface area contributed by atoms with Gasteiger partial charge >= 0.3 is 0 Å². The van der Waals surface area contributed by atoms with E-state index in [1.165, 1.54) is 17.6 Å². The zero-order valence-corrected chi connectivity index (χ0v) is 26.6. The summed E-state index contributed by atoms with van der Waals surface area (Å²) >= 11 is 0. The number of hydrogen-bond donors (Lipinski definition) is 3. The Labute approximate surface area is 253 Å². The third kappa shape index (κ3) is 8.24. The fourth-order valence-electron chi connectivity index (χ4n) is 5.24. The molecule has 6 nitrogen and oxygen atoms in total. The van der Waals surface area contributed by atoms with Crippen LogP contribution in [0.15, 0.2) is 90.0 Å². The quantitative estimate of drug-likeness (QED) is 0.192. The van der Waals surface area contributed by atoms with Crippen molar-refractivity contribution in [3.63, 3.8) is 0 Å². The number of anilines is 1. The Morgan fingerprint density at radius 3 is 2.57 bits per heavy atom. The van der Waals surface area contributed by atoms with Gasteiger partial charge in [0.2, 0.25) is 0 Å². The second-order valence-corrected chi connectivity index (χ2v) is 12.6. The van der Waals surface area contributed by atoms with Gasteiger partial charge in [-0.25, -0.2) is 0 Å². The van der Waals surface area contributed by atoms with E-state index in [0.29, 0.717) is 0 Å². The standard InChI is InChI=1S/C36H49N5O/c1-9-28(22-37-8)34(20-26(3)36(5,6)7)40-27(4)39-33-14-15-35(32-13-11-10-12-31(32)33)42-30-16-18-38-29(21-30)24-41-19-17-25(2)23-41/h10-16,18,20-21,25,37,39-40H,4,9,17,19,22-24H2,1-3,5-8H3/b26-20+,34-28+/t25-/m1/s1. The number of likely N-dealkylation sites (tertiary alicyclic amines) is 1. The fraction of sp³-hybridized carbons (Fsp3) is 0.417. The van der Waals surface area contributed by atoms with Crippen molar-refractivity contribution in [3.8, 4) is 11.5 Å². The maximum atomic E-state index is 6.44. The number of nitrogens with one attached hydrogen (secondary N) is 3. The minimum Gasteiger partial charge on any atom is -0.457 e. The summed E-state index contributed by atoms with van der Waals surface area (Å²) in [6.45, 7) is 21.7. The van der Waals surface area contributed by atoms with E-state index in [1.807, 2.05) is 31.4 Å². The first-order valence-corrected chi connectivity index (χ1v) is 15.2. The lowest BCUT2D eigenvalue weighted by molar-refractivity contribution is 0.316. The minimum absolute atomic E-state index is 0.0779. The Morgan fingerprint density at radius 2 is 1.90 bits per heavy atom. The lowest BCUT2D eigenvalue weighted by atomic mass is 9.86. The largest absolute Gasteiger partial charge is 0.457 e. The average molecular weight is 568 g/mol. The normalized spacial score (nSPS) is 16.8. The number of nitrogens with zero attached hydrogens (tertiary/aromatic N) is 2. The molecular formula is C36H49N5O. The number of ether oxygens (including phenoxy) is 1. The molecule has 1 atom stereocenters. The smallest absolute Gasteiger partial charge is 0.135 e. The second kappa shape index (κ2) is 14.0. The molecule has 6 heteroatoms. The summed E-state index contributed by atoms with van der Waals surface area (Å²) in [6, 6.07) is 16.4. The molecular weight excluding hydrogens is 518 g/mol. The number of likely N-dealkylation sites (N-methyl/N-ethyl adjacent to an activating group) is 1. The fourth-order valence-corrected chi connectivity index (χ4v) is 5.24. The highest BCUT2D eigenvalue weighted by Crippen LogP contribution is 2.35. The molecule has 2 aromatic carbocycles. The van der Waals surface area contributed by atoms with Crippen LogP contribution in [0, 0.1) is 11.3 Å². The number of aromatic nitrogens is 1. The lowest BCUT2D eigenvalue weighted by Crippen LogP contribution is -2.23. The van der Waals surface area contributed by atoms with Gasteiger partial charge in [0.1, 0.15) is 17.3 Å². The minimum atomic E-state index is 0.0779. The molecule has 42 heavy (non-hydrogen) atoms. The molecule has 0 unspecified atom stereocenters. The molecule has 1 aliphatic heterocycles. The Morgan fingerprint density at radius 1 is 1.14 bits per heavy atom. The van der Waals surface area contributed by atoms with Crippen molar-refractivity contribution in [1.29, 1.82) is 0 Å². The molecule has 2 heterocycles. The zero-order valence-electron chi connectivity index (χ0n) is 26.6. The number of benzene rings is 2. The van der Waals surface area contributed by atoms with Crippen LogP contribution in [0.4, 0.5) is 5.69 Å². The number of allylic oxidation sites excluding steroid dienone is 2. The van der Waals surface area contributed by atoms with Gasteiger partial charge in [0.15, 0.2) is 0 Å². The monoisotopic (exact) mass is 567 g/mol. The number of hydrogen-bond acceptors (Lipinski definition) is 6. The van der Waals surface area contributed by atoms with Gasteiger partial charge in [-0.1, -0.05) is 71.0 Å². The van der Waals surface area contributed by atoms with Crippen LogP contribution in [0.2, 0.25) is 0 Å². The van der Waals surface area contributed by atoms with Crippen molar-refractivity contribution in [2.45, 2.75) is 60.9 Å². The van der Waals surface area contributed by atoms with Crippen LogP contribution in [0.3, 0.4) is 0 Å². The van der Waals surface area contributed by atoms with E-state index < -0.39 is 0 Å². The van der Waals surface area contributed by atoms with Crippen LogP contribution in [0.25, 0.3) is 10.8 Å². The van der Waals surface area contributed by atoms with Crippen molar-refractivity contribution >= 4 is 16.5 Å².